The molecule has 0 saturated heterocycles. The van der Waals surface area contributed by atoms with Crippen LogP contribution in [0, 0.1) is 0 Å². The molecular formula is C13H19NO3. The molecule has 1 aromatic carbocycles. The zero-order valence-electron chi connectivity index (χ0n) is 10.3. The number of rotatable bonds is 6. The lowest BCUT2D eigenvalue weighted by atomic mass is 10.1. The highest BCUT2D eigenvalue weighted by Gasteiger charge is 2.03. The number of ether oxygens (including phenoxy) is 1. The highest BCUT2D eigenvalue weighted by atomic mass is 16.5. The fraction of sp³-hybridized carbons (Fsp3) is 0.462. The molecule has 0 aliphatic heterocycles. The minimum Gasteiger partial charge on any atom is -0.484 e. The van der Waals surface area contributed by atoms with Crippen LogP contribution in [-0.4, -0.2) is 24.2 Å². The molecule has 0 radical (unpaired) electrons. The zero-order chi connectivity index (χ0) is 12.7. The van der Waals surface area contributed by atoms with Gasteiger partial charge >= 0.3 is 0 Å². The van der Waals surface area contributed by atoms with Crippen LogP contribution in [0.15, 0.2) is 24.3 Å². The van der Waals surface area contributed by atoms with E-state index in [1.807, 2.05) is 6.92 Å². The number of amides is 1. The lowest BCUT2D eigenvalue weighted by molar-refractivity contribution is -0.123. The molecule has 4 heteroatoms. The van der Waals surface area contributed by atoms with Gasteiger partial charge in [0, 0.05) is 6.54 Å². The Morgan fingerprint density at radius 1 is 1.41 bits per heavy atom. The van der Waals surface area contributed by atoms with E-state index in [4.69, 9.17) is 4.74 Å². The minimum absolute atomic E-state index is 0.0219. The molecule has 0 aromatic heterocycles. The second kappa shape index (κ2) is 6.91. The minimum atomic E-state index is -0.489. The Morgan fingerprint density at radius 3 is 2.59 bits per heavy atom. The summed E-state index contributed by atoms with van der Waals surface area (Å²) in [6.07, 6.45) is 0.423. The van der Waals surface area contributed by atoms with Crippen LogP contribution in [0.5, 0.6) is 5.75 Å². The second-order valence-electron chi connectivity index (χ2n) is 3.88. The summed E-state index contributed by atoms with van der Waals surface area (Å²) in [5, 5.41) is 12.1. The van der Waals surface area contributed by atoms with E-state index < -0.39 is 6.10 Å². The van der Waals surface area contributed by atoms with Gasteiger partial charge < -0.3 is 15.2 Å². The zero-order valence-corrected chi connectivity index (χ0v) is 10.3. The van der Waals surface area contributed by atoms with Crippen LogP contribution in [0.1, 0.15) is 31.9 Å². The maximum atomic E-state index is 11.3. The van der Waals surface area contributed by atoms with E-state index >= 15 is 0 Å². The number of carbonyl (C=O) groups is 1. The Kier molecular flexibility index (Phi) is 5.49. The summed E-state index contributed by atoms with van der Waals surface area (Å²) in [6.45, 7) is 4.39. The molecule has 1 rings (SSSR count). The van der Waals surface area contributed by atoms with Crippen LogP contribution in [0.4, 0.5) is 0 Å². The van der Waals surface area contributed by atoms with Crippen molar-refractivity contribution in [3.05, 3.63) is 29.8 Å². The fourth-order valence-corrected chi connectivity index (χ4v) is 1.31. The summed E-state index contributed by atoms with van der Waals surface area (Å²) in [7, 11) is 0. The number of carbonyl (C=O) groups excluding carboxylic acids is 1. The van der Waals surface area contributed by atoms with Crippen LogP contribution in [0.3, 0.4) is 0 Å². The van der Waals surface area contributed by atoms with Gasteiger partial charge in [-0.2, -0.15) is 0 Å². The maximum absolute atomic E-state index is 11.3. The summed E-state index contributed by atoms with van der Waals surface area (Å²) in [5.41, 5.74) is 0.827. The van der Waals surface area contributed by atoms with Crippen LogP contribution < -0.4 is 10.1 Å². The predicted molar refractivity (Wildman–Crippen MR) is 65.9 cm³/mol. The van der Waals surface area contributed by atoms with Gasteiger partial charge in [0.05, 0.1) is 6.10 Å². The normalized spacial score (nSPS) is 11.9. The van der Waals surface area contributed by atoms with Crippen molar-refractivity contribution in [2.75, 3.05) is 13.2 Å². The van der Waals surface area contributed by atoms with E-state index in [0.29, 0.717) is 12.3 Å². The lowest BCUT2D eigenvalue weighted by Gasteiger charge is -2.08. The Bertz CT molecular complexity index is 346. The molecular weight excluding hydrogens is 218 g/mol. The fourth-order valence-electron chi connectivity index (χ4n) is 1.31. The second-order valence-corrected chi connectivity index (χ2v) is 3.88. The SMILES string of the molecule is CCCNC(=O)COc1ccc(C(C)O)cc1. The number of hydrogen-bond acceptors (Lipinski definition) is 3. The van der Waals surface area contributed by atoms with Crippen LogP contribution in [0.25, 0.3) is 0 Å². The first kappa shape index (κ1) is 13.5. The number of nitrogens with one attached hydrogen (secondary N) is 1. The number of benzene rings is 1. The molecule has 1 amide bonds. The third kappa shape index (κ3) is 4.87. The van der Waals surface area contributed by atoms with E-state index in [1.165, 1.54) is 0 Å². The quantitative estimate of drug-likeness (QED) is 0.791. The van der Waals surface area contributed by atoms with Crippen molar-refractivity contribution in [3.63, 3.8) is 0 Å². The first-order valence-corrected chi connectivity index (χ1v) is 5.81. The molecule has 0 saturated carbocycles. The highest BCUT2D eigenvalue weighted by Crippen LogP contribution is 2.16. The van der Waals surface area contributed by atoms with Crippen molar-refractivity contribution in [1.29, 1.82) is 0 Å². The molecule has 1 unspecified atom stereocenters. The summed E-state index contributed by atoms with van der Waals surface area (Å²) in [5.74, 6) is 0.507. The Hall–Kier alpha value is -1.55. The Balaban J connectivity index is 2.39. The number of aliphatic hydroxyl groups excluding tert-OH is 1. The first-order chi connectivity index (χ1) is 8.13. The Morgan fingerprint density at radius 2 is 2.06 bits per heavy atom. The van der Waals surface area contributed by atoms with Crippen LogP contribution in [-0.2, 0) is 4.79 Å². The average molecular weight is 237 g/mol. The standard InChI is InChI=1S/C13H19NO3/c1-3-8-14-13(16)9-17-12-6-4-11(5-7-12)10(2)15/h4-7,10,15H,3,8-9H2,1-2H3,(H,14,16). The lowest BCUT2D eigenvalue weighted by Crippen LogP contribution is -2.29. The van der Waals surface area contributed by atoms with E-state index in [9.17, 15) is 9.90 Å². The van der Waals surface area contributed by atoms with Crippen molar-refractivity contribution >= 4 is 5.91 Å². The van der Waals surface area contributed by atoms with Crippen LogP contribution in [0.2, 0.25) is 0 Å². The van der Waals surface area contributed by atoms with Gasteiger partial charge in [-0.05, 0) is 31.0 Å². The molecule has 0 heterocycles. The van der Waals surface area contributed by atoms with Crippen molar-refractivity contribution in [2.45, 2.75) is 26.4 Å². The molecule has 2 N–H and O–H groups in total. The van der Waals surface area contributed by atoms with Crippen molar-refractivity contribution in [1.82, 2.24) is 5.32 Å². The van der Waals surface area contributed by atoms with Gasteiger partial charge in [-0.25, -0.2) is 0 Å². The third-order valence-electron chi connectivity index (χ3n) is 2.30. The van der Waals surface area contributed by atoms with Crippen molar-refractivity contribution in [2.24, 2.45) is 0 Å². The topological polar surface area (TPSA) is 58.6 Å². The molecule has 94 valence electrons. The molecule has 0 fully saturated rings. The van der Waals surface area contributed by atoms with Gasteiger partial charge in [-0.3, -0.25) is 4.79 Å². The molecule has 17 heavy (non-hydrogen) atoms. The molecule has 0 aliphatic rings. The average Bonchev–Trinajstić information content (AvgIpc) is 2.34. The molecule has 1 atom stereocenters. The first-order valence-electron chi connectivity index (χ1n) is 5.81. The van der Waals surface area contributed by atoms with Crippen molar-refractivity contribution in [3.8, 4) is 5.75 Å². The third-order valence-corrected chi connectivity index (χ3v) is 2.30. The molecule has 0 spiro atoms. The summed E-state index contributed by atoms with van der Waals surface area (Å²) >= 11 is 0. The summed E-state index contributed by atoms with van der Waals surface area (Å²) < 4.78 is 5.31. The smallest absolute Gasteiger partial charge is 0.257 e. The van der Waals surface area contributed by atoms with Gasteiger partial charge in [-0.1, -0.05) is 19.1 Å². The molecule has 0 aliphatic carbocycles. The van der Waals surface area contributed by atoms with Gasteiger partial charge in [0.1, 0.15) is 5.75 Å². The van der Waals surface area contributed by atoms with E-state index in [0.717, 1.165) is 12.0 Å². The molecule has 1 aromatic rings. The summed E-state index contributed by atoms with van der Waals surface area (Å²) in [6, 6.07) is 7.05. The van der Waals surface area contributed by atoms with E-state index in [1.54, 1.807) is 31.2 Å². The molecule has 4 nitrogen and oxygen atoms in total. The monoisotopic (exact) mass is 237 g/mol. The Labute approximate surface area is 102 Å². The maximum Gasteiger partial charge on any atom is 0.257 e. The molecule has 0 bridgehead atoms. The van der Waals surface area contributed by atoms with E-state index in [-0.39, 0.29) is 12.5 Å². The van der Waals surface area contributed by atoms with Gasteiger partial charge in [0.15, 0.2) is 6.61 Å². The highest BCUT2D eigenvalue weighted by molar-refractivity contribution is 5.77. The number of hydrogen-bond donors (Lipinski definition) is 2. The largest absolute Gasteiger partial charge is 0.484 e. The van der Waals surface area contributed by atoms with Gasteiger partial charge in [0.25, 0.3) is 5.91 Å². The van der Waals surface area contributed by atoms with E-state index in [2.05, 4.69) is 5.32 Å². The summed E-state index contributed by atoms with van der Waals surface area (Å²) in [4.78, 5) is 11.3. The van der Waals surface area contributed by atoms with Crippen molar-refractivity contribution < 1.29 is 14.6 Å². The van der Waals surface area contributed by atoms with Gasteiger partial charge in [0.2, 0.25) is 0 Å². The number of aliphatic hydroxyl groups is 1. The van der Waals surface area contributed by atoms with Crippen LogP contribution >= 0.6 is 0 Å². The predicted octanol–water partition coefficient (Wildman–Crippen LogP) is 1.64. The van der Waals surface area contributed by atoms with Gasteiger partial charge in [-0.15, -0.1) is 0 Å².